The number of nitrogens with zero attached hydrogens (tertiary/aromatic N) is 3. The van der Waals surface area contributed by atoms with Crippen LogP contribution in [-0.4, -0.2) is 90.8 Å². The van der Waals surface area contributed by atoms with Crippen molar-refractivity contribution >= 4 is 29.4 Å². The molecule has 1 aliphatic rings. The number of amides is 4. The summed E-state index contributed by atoms with van der Waals surface area (Å²) in [5, 5.41) is 9.28. The Bertz CT molecular complexity index is 1360. The average Bonchev–Trinajstić information content (AvgIpc) is 3.62. The van der Waals surface area contributed by atoms with E-state index in [-0.39, 0.29) is 36.7 Å². The molecule has 0 aliphatic carbocycles. The highest BCUT2D eigenvalue weighted by Crippen LogP contribution is 2.21. The van der Waals surface area contributed by atoms with Crippen molar-refractivity contribution in [3.63, 3.8) is 0 Å². The van der Waals surface area contributed by atoms with Gasteiger partial charge in [-0.1, -0.05) is 60.7 Å². The lowest BCUT2D eigenvalue weighted by Gasteiger charge is -2.31. The number of alkyl carbamates (subject to hydrolysis) is 1. The molecule has 2 heterocycles. The summed E-state index contributed by atoms with van der Waals surface area (Å²) in [6.07, 6.45) is 3.36. The van der Waals surface area contributed by atoms with E-state index in [1.807, 2.05) is 74.5 Å². The number of hydrogen-bond donors (Lipinski definition) is 3. The van der Waals surface area contributed by atoms with Crippen molar-refractivity contribution in [2.24, 2.45) is 0 Å². The van der Waals surface area contributed by atoms with Gasteiger partial charge in [0.15, 0.2) is 0 Å². The molecule has 1 fully saturated rings. The first-order chi connectivity index (χ1) is 22.8. The van der Waals surface area contributed by atoms with E-state index in [1.54, 1.807) is 23.7 Å². The monoisotopic (exact) mass is 664 g/mol. The summed E-state index contributed by atoms with van der Waals surface area (Å²) in [6, 6.07) is 18.2. The van der Waals surface area contributed by atoms with E-state index in [2.05, 4.69) is 25.8 Å². The van der Waals surface area contributed by atoms with Crippen molar-refractivity contribution in [3.05, 3.63) is 88.4 Å². The van der Waals surface area contributed by atoms with Crippen molar-refractivity contribution in [2.75, 3.05) is 39.9 Å². The highest BCUT2D eigenvalue weighted by Gasteiger charge is 2.27. The molecular formula is C35H48N6O5S. The Morgan fingerprint density at radius 2 is 1.66 bits per heavy atom. The van der Waals surface area contributed by atoms with Crippen molar-refractivity contribution in [1.29, 1.82) is 0 Å². The maximum atomic E-state index is 14.0. The quantitative estimate of drug-likeness (QED) is 0.202. The number of nitrogens with one attached hydrogen (secondary N) is 3. The number of carbonyl (C=O) groups excluding carboxylic acids is 3. The maximum absolute atomic E-state index is 14.0. The zero-order valence-electron chi connectivity index (χ0n) is 27.6. The summed E-state index contributed by atoms with van der Waals surface area (Å²) in [5.41, 5.74) is 3.73. The second-order valence-corrected chi connectivity index (χ2v) is 13.0. The molecule has 254 valence electrons. The molecule has 12 heteroatoms. The summed E-state index contributed by atoms with van der Waals surface area (Å²) < 4.78 is 11.0. The number of ether oxygens (including phenoxy) is 2. The third-order valence-electron chi connectivity index (χ3n) is 8.34. The van der Waals surface area contributed by atoms with Crippen LogP contribution in [0, 0.1) is 0 Å². The highest BCUT2D eigenvalue weighted by molar-refractivity contribution is 7.09. The summed E-state index contributed by atoms with van der Waals surface area (Å²) in [4.78, 5) is 48.6. The first kappa shape index (κ1) is 35.8. The molecule has 47 heavy (non-hydrogen) atoms. The number of hydrogen-bond acceptors (Lipinski definition) is 8. The Morgan fingerprint density at radius 1 is 0.957 bits per heavy atom. The summed E-state index contributed by atoms with van der Waals surface area (Å²) in [5.74, 6) is -0.224. The summed E-state index contributed by atoms with van der Waals surface area (Å²) in [6.45, 7) is 7.60. The molecule has 0 bridgehead atoms. The van der Waals surface area contributed by atoms with Gasteiger partial charge in [-0.2, -0.15) is 0 Å². The number of urea groups is 1. The number of rotatable bonds is 16. The molecule has 0 saturated carbocycles. The van der Waals surface area contributed by atoms with Gasteiger partial charge in [0.25, 0.3) is 0 Å². The predicted octanol–water partition coefficient (Wildman–Crippen LogP) is 4.76. The molecule has 3 N–H and O–H groups in total. The van der Waals surface area contributed by atoms with E-state index in [0.717, 1.165) is 29.1 Å². The molecular weight excluding hydrogens is 616 g/mol. The van der Waals surface area contributed by atoms with Crippen LogP contribution < -0.4 is 16.0 Å². The number of carbonyl (C=O) groups is 3. The molecule has 0 spiro atoms. The Balaban J connectivity index is 1.47. The van der Waals surface area contributed by atoms with Gasteiger partial charge in [-0.15, -0.1) is 11.3 Å². The minimum Gasteiger partial charge on any atom is -0.444 e. The maximum Gasteiger partial charge on any atom is 0.407 e. The normalized spacial score (nSPS) is 15.3. The van der Waals surface area contributed by atoms with Gasteiger partial charge in [-0.25, -0.2) is 9.59 Å². The number of benzene rings is 2. The van der Waals surface area contributed by atoms with Crippen molar-refractivity contribution in [2.45, 2.75) is 70.3 Å². The van der Waals surface area contributed by atoms with E-state index in [0.29, 0.717) is 45.4 Å². The van der Waals surface area contributed by atoms with Crippen LogP contribution in [0.25, 0.3) is 0 Å². The standard InChI is InChI=1S/C35H48N6O5S/c1-26(2)40(3)34(43)38-32(16-17-41-18-20-45-21-19-41)33(42)37-29(22-27-10-6-4-7-11-27)14-15-31(28-12-8-5-9-13-28)39-35(44)46-24-30-23-36-25-47-30/h4-13,23,25-26,29,31-32H,14-22,24H2,1-3H3,(H,37,42)(H,38,43)(H,39,44). The Hall–Kier alpha value is -4.00. The van der Waals surface area contributed by atoms with E-state index in [9.17, 15) is 14.4 Å². The molecule has 4 amide bonds. The molecule has 11 nitrogen and oxygen atoms in total. The average molecular weight is 665 g/mol. The SMILES string of the molecule is CC(C)N(C)C(=O)NC(CCN1CCOCC1)C(=O)NC(CCC(NC(=O)OCc1cncs1)c1ccccc1)Cc1ccccc1. The first-order valence-corrected chi connectivity index (χ1v) is 17.2. The molecule has 3 aromatic rings. The summed E-state index contributed by atoms with van der Waals surface area (Å²) >= 11 is 1.43. The van der Waals surface area contributed by atoms with Gasteiger partial charge in [0, 0.05) is 45.0 Å². The Labute approximate surface area is 282 Å². The van der Waals surface area contributed by atoms with Crippen LogP contribution in [-0.2, 0) is 27.3 Å². The molecule has 1 saturated heterocycles. The fourth-order valence-electron chi connectivity index (χ4n) is 5.33. The minimum absolute atomic E-state index is 0.0140. The van der Waals surface area contributed by atoms with Gasteiger partial charge >= 0.3 is 12.1 Å². The molecule has 1 aromatic heterocycles. The van der Waals surface area contributed by atoms with Gasteiger partial charge in [-0.3, -0.25) is 14.7 Å². The van der Waals surface area contributed by atoms with Crippen LogP contribution in [0.3, 0.4) is 0 Å². The van der Waals surface area contributed by atoms with Crippen LogP contribution in [0.1, 0.15) is 55.2 Å². The molecule has 3 unspecified atom stereocenters. The highest BCUT2D eigenvalue weighted by atomic mass is 32.1. The lowest BCUT2D eigenvalue weighted by atomic mass is 9.95. The van der Waals surface area contributed by atoms with Gasteiger partial charge in [0.05, 0.1) is 29.6 Å². The van der Waals surface area contributed by atoms with Crippen LogP contribution in [0.5, 0.6) is 0 Å². The van der Waals surface area contributed by atoms with Crippen LogP contribution >= 0.6 is 11.3 Å². The van der Waals surface area contributed by atoms with E-state index < -0.39 is 12.1 Å². The lowest BCUT2D eigenvalue weighted by Crippen LogP contribution is -2.54. The van der Waals surface area contributed by atoms with Gasteiger partial charge in [0.1, 0.15) is 12.6 Å². The smallest absolute Gasteiger partial charge is 0.407 e. The number of aromatic nitrogens is 1. The third-order valence-corrected chi connectivity index (χ3v) is 9.10. The van der Waals surface area contributed by atoms with Gasteiger partial charge < -0.3 is 30.3 Å². The summed E-state index contributed by atoms with van der Waals surface area (Å²) in [7, 11) is 1.73. The van der Waals surface area contributed by atoms with Crippen molar-refractivity contribution in [3.8, 4) is 0 Å². The molecule has 0 radical (unpaired) electrons. The zero-order valence-corrected chi connectivity index (χ0v) is 28.4. The van der Waals surface area contributed by atoms with E-state index >= 15 is 0 Å². The second-order valence-electron chi connectivity index (χ2n) is 12.1. The van der Waals surface area contributed by atoms with Crippen LogP contribution in [0.15, 0.2) is 72.4 Å². The number of thiazole rings is 1. The Morgan fingerprint density at radius 3 is 2.32 bits per heavy atom. The second kappa shape index (κ2) is 19.0. The fourth-order valence-corrected chi connectivity index (χ4v) is 5.83. The van der Waals surface area contributed by atoms with Gasteiger partial charge in [-0.05, 0) is 50.7 Å². The van der Waals surface area contributed by atoms with E-state index in [4.69, 9.17) is 9.47 Å². The molecule has 1 aliphatic heterocycles. The van der Waals surface area contributed by atoms with Crippen molar-refractivity contribution < 1.29 is 23.9 Å². The molecule has 2 aromatic carbocycles. The topological polar surface area (TPSA) is 125 Å². The van der Waals surface area contributed by atoms with E-state index in [1.165, 1.54) is 11.3 Å². The first-order valence-electron chi connectivity index (χ1n) is 16.3. The van der Waals surface area contributed by atoms with Crippen LogP contribution in [0.4, 0.5) is 9.59 Å². The molecule has 3 atom stereocenters. The minimum atomic E-state index is -0.713. The van der Waals surface area contributed by atoms with Crippen LogP contribution in [0.2, 0.25) is 0 Å². The van der Waals surface area contributed by atoms with Crippen molar-refractivity contribution in [1.82, 2.24) is 30.7 Å². The fraction of sp³-hybridized carbons (Fsp3) is 0.486. The zero-order chi connectivity index (χ0) is 33.4. The number of morpholine rings is 1. The predicted molar refractivity (Wildman–Crippen MR) is 183 cm³/mol. The largest absolute Gasteiger partial charge is 0.444 e. The van der Waals surface area contributed by atoms with Gasteiger partial charge in [0.2, 0.25) is 5.91 Å². The molecule has 4 rings (SSSR count). The third kappa shape index (κ3) is 12.3. The lowest BCUT2D eigenvalue weighted by molar-refractivity contribution is -0.124. The Kier molecular flexibility index (Phi) is 14.5.